The maximum atomic E-state index is 13.2. The van der Waals surface area contributed by atoms with Crippen LogP contribution < -0.4 is 20.7 Å². The molecular weight excluding hydrogens is 485 g/mol. The topological polar surface area (TPSA) is 202 Å². The largest absolute Gasteiger partial charge is 0.530 e. The highest BCUT2D eigenvalue weighted by molar-refractivity contribution is 7.49. The number of nitrogens with zero attached hydrogens (tertiary/aromatic N) is 5. The van der Waals surface area contributed by atoms with Crippen LogP contribution in [-0.2, 0) is 18.3 Å². The highest BCUT2D eigenvalue weighted by atomic mass is 31.2. The fourth-order valence-electron chi connectivity index (χ4n) is 4.05. The second-order valence-corrected chi connectivity index (χ2v) is 9.69. The molecule has 0 saturated carbocycles. The van der Waals surface area contributed by atoms with Crippen LogP contribution in [0.1, 0.15) is 20.1 Å². The fourth-order valence-corrected chi connectivity index (χ4v) is 5.56. The first-order valence-electron chi connectivity index (χ1n) is 10.6. The van der Waals surface area contributed by atoms with E-state index in [1.807, 2.05) is 0 Å². The smallest absolute Gasteiger partial charge is 0.476 e. The number of phosphoric ester groups is 1. The van der Waals surface area contributed by atoms with Crippen LogP contribution in [0.5, 0.6) is 11.6 Å². The molecule has 2 aliphatic rings. The maximum absolute atomic E-state index is 13.2. The van der Waals surface area contributed by atoms with E-state index in [9.17, 15) is 14.7 Å². The van der Waals surface area contributed by atoms with Crippen LogP contribution in [0, 0.1) is 10.1 Å². The monoisotopic (exact) mass is 507 g/mol. The van der Waals surface area contributed by atoms with Crippen molar-refractivity contribution in [1.82, 2.24) is 19.5 Å². The summed E-state index contributed by atoms with van der Waals surface area (Å²) in [6.45, 7) is 3.69. The Bertz CT molecular complexity index is 1330. The molecule has 2 aliphatic heterocycles. The molecule has 0 bridgehead atoms. The molecule has 2 fully saturated rings. The van der Waals surface area contributed by atoms with Gasteiger partial charge in [0, 0.05) is 12.1 Å². The van der Waals surface area contributed by atoms with Crippen molar-refractivity contribution in [3.8, 4) is 11.6 Å². The van der Waals surface area contributed by atoms with Gasteiger partial charge in [0.15, 0.2) is 17.4 Å². The predicted molar refractivity (Wildman–Crippen MR) is 120 cm³/mol. The summed E-state index contributed by atoms with van der Waals surface area (Å²) in [4.78, 5) is 23.0. The number of hydrogen-bond acceptors (Lipinski definition) is 13. The van der Waals surface area contributed by atoms with Crippen LogP contribution in [0.4, 0.5) is 11.6 Å². The number of rotatable bonds is 6. The number of nitro groups is 1. The summed E-state index contributed by atoms with van der Waals surface area (Å²) >= 11 is 0. The molecule has 2 saturated heterocycles. The molecule has 4 N–H and O–H groups in total. The number of aromatic nitrogens is 4. The number of nitro benzene ring substituents is 1. The summed E-state index contributed by atoms with van der Waals surface area (Å²) in [5.74, 6) is 0.281. The third kappa shape index (κ3) is 4.06. The first-order chi connectivity index (χ1) is 16.6. The molecule has 16 heteroatoms. The molecule has 5 atom stereocenters. The summed E-state index contributed by atoms with van der Waals surface area (Å²) in [5.41, 5.74) is 11.8. The van der Waals surface area contributed by atoms with Gasteiger partial charge >= 0.3 is 7.82 Å². The van der Waals surface area contributed by atoms with Gasteiger partial charge in [-0.05, 0) is 26.0 Å². The van der Waals surface area contributed by atoms with Crippen LogP contribution in [0.15, 0.2) is 30.6 Å². The molecule has 0 radical (unpaired) electrons. The van der Waals surface area contributed by atoms with E-state index in [1.54, 1.807) is 18.4 Å². The molecule has 5 rings (SSSR count). The highest BCUT2D eigenvalue weighted by Gasteiger charge is 2.59. The fraction of sp³-hybridized carbons (Fsp3) is 0.421. The van der Waals surface area contributed by atoms with Crippen LogP contribution in [0.25, 0.3) is 11.2 Å². The Morgan fingerprint density at radius 2 is 2.09 bits per heavy atom. The van der Waals surface area contributed by atoms with Crippen molar-refractivity contribution in [2.24, 2.45) is 5.73 Å². The molecule has 4 heterocycles. The third-order valence-corrected chi connectivity index (χ3v) is 7.02. The van der Waals surface area contributed by atoms with Gasteiger partial charge in [-0.1, -0.05) is 0 Å². The Balaban J connectivity index is 1.41. The van der Waals surface area contributed by atoms with E-state index in [1.165, 1.54) is 30.6 Å². The van der Waals surface area contributed by atoms with Gasteiger partial charge in [0.2, 0.25) is 11.8 Å². The zero-order valence-electron chi connectivity index (χ0n) is 18.6. The van der Waals surface area contributed by atoms with Gasteiger partial charge in [0.05, 0.1) is 30.0 Å². The maximum Gasteiger partial charge on any atom is 0.530 e. The number of ether oxygens (including phenoxy) is 2. The lowest BCUT2D eigenvalue weighted by Gasteiger charge is -2.35. The number of phosphoric acid groups is 1. The van der Waals surface area contributed by atoms with E-state index in [0.717, 1.165) is 0 Å². The lowest BCUT2D eigenvalue weighted by Crippen LogP contribution is -2.54. The first kappa shape index (κ1) is 23.4. The Labute approximate surface area is 198 Å². The van der Waals surface area contributed by atoms with Gasteiger partial charge in [-0.25, -0.2) is 9.55 Å². The van der Waals surface area contributed by atoms with Crippen molar-refractivity contribution in [2.45, 2.75) is 37.8 Å². The van der Waals surface area contributed by atoms with Crippen molar-refractivity contribution in [3.63, 3.8) is 0 Å². The number of benzene rings is 1. The Morgan fingerprint density at radius 1 is 1.34 bits per heavy atom. The molecule has 1 unspecified atom stereocenters. The summed E-state index contributed by atoms with van der Waals surface area (Å²) < 4.78 is 43.0. The van der Waals surface area contributed by atoms with Crippen LogP contribution in [0.3, 0.4) is 0 Å². The Morgan fingerprint density at radius 3 is 2.77 bits per heavy atom. The summed E-state index contributed by atoms with van der Waals surface area (Å²) in [6.07, 6.45) is -0.947. The quantitative estimate of drug-likeness (QED) is 0.278. The van der Waals surface area contributed by atoms with E-state index < -0.39 is 36.7 Å². The first-order valence-corrected chi connectivity index (χ1v) is 12.0. The average Bonchev–Trinajstić information content (AvgIpc) is 3.32. The van der Waals surface area contributed by atoms with Gasteiger partial charge in [-0.2, -0.15) is 9.97 Å². The normalized spacial score (nSPS) is 30.2. The van der Waals surface area contributed by atoms with Gasteiger partial charge in [-0.15, -0.1) is 0 Å². The van der Waals surface area contributed by atoms with E-state index in [2.05, 4.69) is 15.0 Å². The third-order valence-electron chi connectivity index (χ3n) is 5.63. The van der Waals surface area contributed by atoms with E-state index in [4.69, 9.17) is 34.5 Å². The number of hydrogen-bond donors (Lipinski definition) is 2. The Kier molecular flexibility index (Phi) is 5.61. The molecule has 2 aromatic heterocycles. The molecule has 3 aromatic rings. The van der Waals surface area contributed by atoms with Crippen molar-refractivity contribution in [1.29, 1.82) is 0 Å². The standard InChI is InChI=1S/C19H22N7O8P/c1-3-30-16-13-15(23-18(20)24-16)25(9-22-13)17-19(2,21)14-12(32-17)8-31-35(29,34-14)33-11-6-4-10(5-7-11)26(27)28/h4-7,9,12,14,17H,3,8,21H2,1-2H3,(H2,20,23,24)/t12-,14-,17-,19-,35?/m1/s1. The van der Waals surface area contributed by atoms with Crippen LogP contribution in [0.2, 0.25) is 0 Å². The molecule has 35 heavy (non-hydrogen) atoms. The second kappa shape index (κ2) is 8.39. The minimum absolute atomic E-state index is 0.0163. The summed E-state index contributed by atoms with van der Waals surface area (Å²) in [7, 11) is -4.12. The molecule has 15 nitrogen and oxygen atoms in total. The molecule has 0 spiro atoms. The second-order valence-electron chi connectivity index (χ2n) is 8.15. The SMILES string of the molecule is CCOc1nc(N)nc2c1ncn2[C@@H]1O[C@@H]2COP(=O)(Oc3ccc([N+](=O)[O-])cc3)O[C@H]2[C@@]1(C)N. The molecular formula is C19H22N7O8P. The van der Waals surface area contributed by atoms with Gasteiger partial charge in [-0.3, -0.25) is 23.7 Å². The molecule has 186 valence electrons. The van der Waals surface area contributed by atoms with Gasteiger partial charge < -0.3 is 25.5 Å². The number of nitrogen functional groups attached to an aromatic ring is 1. The van der Waals surface area contributed by atoms with Crippen molar-refractivity contribution >= 4 is 30.6 Å². The minimum atomic E-state index is -4.12. The number of nitrogens with two attached hydrogens (primary N) is 2. The Hall–Kier alpha value is -3.36. The van der Waals surface area contributed by atoms with Crippen molar-refractivity contribution in [2.75, 3.05) is 18.9 Å². The molecule has 0 aliphatic carbocycles. The molecule has 0 amide bonds. The number of fused-ring (bicyclic) bond motifs is 2. The van der Waals surface area contributed by atoms with Crippen molar-refractivity contribution < 1.29 is 32.5 Å². The average molecular weight is 507 g/mol. The minimum Gasteiger partial charge on any atom is -0.476 e. The van der Waals surface area contributed by atoms with Crippen LogP contribution >= 0.6 is 7.82 Å². The number of anilines is 1. The van der Waals surface area contributed by atoms with Gasteiger partial charge in [0.25, 0.3) is 5.69 Å². The predicted octanol–water partition coefficient (Wildman–Crippen LogP) is 1.93. The van der Waals surface area contributed by atoms with Gasteiger partial charge in [0.1, 0.15) is 18.0 Å². The van der Waals surface area contributed by atoms with E-state index >= 15 is 0 Å². The zero-order valence-corrected chi connectivity index (χ0v) is 19.5. The zero-order chi connectivity index (χ0) is 25.0. The van der Waals surface area contributed by atoms with Crippen LogP contribution in [-0.4, -0.2) is 55.4 Å². The highest BCUT2D eigenvalue weighted by Crippen LogP contribution is 2.58. The van der Waals surface area contributed by atoms with Crippen molar-refractivity contribution in [3.05, 3.63) is 40.7 Å². The number of imidazole rings is 1. The summed E-state index contributed by atoms with van der Waals surface area (Å²) in [6, 6.07) is 5.02. The summed E-state index contributed by atoms with van der Waals surface area (Å²) in [5, 5.41) is 10.8. The van der Waals surface area contributed by atoms with E-state index in [0.29, 0.717) is 17.8 Å². The number of non-ortho nitro benzene ring substituents is 1. The van der Waals surface area contributed by atoms with E-state index in [-0.39, 0.29) is 29.9 Å². The lowest BCUT2D eigenvalue weighted by atomic mass is 9.93. The molecule has 1 aromatic carbocycles. The lowest BCUT2D eigenvalue weighted by molar-refractivity contribution is -0.384.